The van der Waals surface area contributed by atoms with Crippen molar-refractivity contribution in [1.82, 2.24) is 14.9 Å². The summed E-state index contributed by atoms with van der Waals surface area (Å²) in [5.41, 5.74) is 3.22. The molecule has 0 atom stereocenters. The third-order valence-corrected chi connectivity index (χ3v) is 3.57. The molecule has 3 rings (SSSR count). The number of benzene rings is 1. The average Bonchev–Trinajstić information content (AvgIpc) is 3.12. The van der Waals surface area contributed by atoms with E-state index in [4.69, 9.17) is 5.11 Å². The highest BCUT2D eigenvalue weighted by Gasteiger charge is 2.29. The summed E-state index contributed by atoms with van der Waals surface area (Å²) in [4.78, 5) is 20.2. The first-order valence-electron chi connectivity index (χ1n) is 6.60. The molecular weight excluding hydrogens is 242 g/mol. The molecule has 1 heterocycles. The van der Waals surface area contributed by atoms with Gasteiger partial charge in [-0.25, -0.2) is 4.98 Å². The van der Waals surface area contributed by atoms with Gasteiger partial charge in [0.25, 0.3) is 0 Å². The minimum absolute atomic E-state index is 0.150. The van der Waals surface area contributed by atoms with Gasteiger partial charge in [-0.2, -0.15) is 0 Å². The molecule has 100 valence electrons. The van der Waals surface area contributed by atoms with Crippen molar-refractivity contribution in [3.63, 3.8) is 0 Å². The predicted molar refractivity (Wildman–Crippen MR) is 72.0 cm³/mol. The Morgan fingerprint density at radius 1 is 1.47 bits per heavy atom. The van der Waals surface area contributed by atoms with Crippen molar-refractivity contribution < 1.29 is 9.90 Å². The summed E-state index contributed by atoms with van der Waals surface area (Å²) >= 11 is 0. The minimum atomic E-state index is -0.740. The Kier molecular flexibility index (Phi) is 3.21. The van der Waals surface area contributed by atoms with Crippen molar-refractivity contribution >= 4 is 17.0 Å². The normalized spacial score (nSPS) is 15.2. The molecule has 19 heavy (non-hydrogen) atoms. The molecule has 0 spiro atoms. The minimum Gasteiger partial charge on any atom is -0.480 e. The van der Waals surface area contributed by atoms with Gasteiger partial charge in [0, 0.05) is 12.6 Å². The molecular formula is C14H17N3O2. The molecule has 0 saturated heterocycles. The topological polar surface area (TPSA) is 69.2 Å². The number of nitrogens with one attached hydrogen (secondary N) is 1. The van der Waals surface area contributed by atoms with Crippen LogP contribution in [0.25, 0.3) is 11.0 Å². The lowest BCUT2D eigenvalue weighted by atomic mass is 10.1. The van der Waals surface area contributed by atoms with Crippen LogP contribution in [0.4, 0.5) is 0 Å². The standard InChI is InChI=1S/C14H17N3O2/c18-14(19)8-17(11-2-3-11)6-5-10-1-4-12-13(7-10)16-9-15-12/h1,4,7,9,11H,2-3,5-6,8H2,(H,15,16)(H,18,19). The van der Waals surface area contributed by atoms with Gasteiger partial charge in [0.05, 0.1) is 23.9 Å². The van der Waals surface area contributed by atoms with Crippen LogP contribution < -0.4 is 0 Å². The maximum absolute atomic E-state index is 10.8. The van der Waals surface area contributed by atoms with Crippen LogP contribution >= 0.6 is 0 Å². The fraction of sp³-hybridized carbons (Fsp3) is 0.429. The van der Waals surface area contributed by atoms with E-state index in [1.54, 1.807) is 6.33 Å². The SMILES string of the molecule is O=C(O)CN(CCc1ccc2nc[nH]c2c1)C1CC1. The van der Waals surface area contributed by atoms with Crippen LogP contribution in [0.5, 0.6) is 0 Å². The summed E-state index contributed by atoms with van der Waals surface area (Å²) in [5, 5.41) is 8.92. The van der Waals surface area contributed by atoms with Crippen LogP contribution in [-0.2, 0) is 11.2 Å². The number of aromatic nitrogens is 2. The van der Waals surface area contributed by atoms with Crippen LogP contribution in [-0.4, -0.2) is 45.1 Å². The van der Waals surface area contributed by atoms with E-state index >= 15 is 0 Å². The van der Waals surface area contributed by atoms with Gasteiger partial charge < -0.3 is 10.1 Å². The van der Waals surface area contributed by atoms with Gasteiger partial charge >= 0.3 is 5.97 Å². The molecule has 1 aromatic carbocycles. The number of imidazole rings is 1. The van der Waals surface area contributed by atoms with Gasteiger partial charge in [0.2, 0.25) is 0 Å². The number of aromatic amines is 1. The van der Waals surface area contributed by atoms with Crippen molar-refractivity contribution in [1.29, 1.82) is 0 Å². The number of aliphatic carboxylic acids is 1. The maximum atomic E-state index is 10.8. The largest absolute Gasteiger partial charge is 0.480 e. The number of carbonyl (C=O) groups is 1. The van der Waals surface area contributed by atoms with Crippen LogP contribution in [0.2, 0.25) is 0 Å². The molecule has 0 aliphatic heterocycles. The summed E-state index contributed by atoms with van der Waals surface area (Å²) in [6, 6.07) is 6.63. The van der Waals surface area contributed by atoms with E-state index in [1.807, 2.05) is 6.07 Å². The molecule has 0 unspecified atom stereocenters. The molecule has 1 aliphatic rings. The fourth-order valence-corrected chi connectivity index (χ4v) is 2.42. The summed E-state index contributed by atoms with van der Waals surface area (Å²) in [6.07, 6.45) is 4.83. The molecule has 0 radical (unpaired) electrons. The van der Waals surface area contributed by atoms with Crippen LogP contribution in [0.1, 0.15) is 18.4 Å². The summed E-state index contributed by atoms with van der Waals surface area (Å²) in [5.74, 6) is -0.740. The Hall–Kier alpha value is -1.88. The highest BCUT2D eigenvalue weighted by molar-refractivity contribution is 5.75. The maximum Gasteiger partial charge on any atom is 0.317 e. The monoisotopic (exact) mass is 259 g/mol. The summed E-state index contributed by atoms with van der Waals surface area (Å²) < 4.78 is 0. The molecule has 0 amide bonds. The molecule has 5 nitrogen and oxygen atoms in total. The van der Waals surface area contributed by atoms with E-state index in [-0.39, 0.29) is 6.54 Å². The fourth-order valence-electron chi connectivity index (χ4n) is 2.42. The van der Waals surface area contributed by atoms with Gasteiger partial charge in [-0.05, 0) is 37.0 Å². The van der Waals surface area contributed by atoms with Gasteiger partial charge in [0.15, 0.2) is 0 Å². The molecule has 1 aromatic heterocycles. The Morgan fingerprint density at radius 2 is 2.32 bits per heavy atom. The second-order valence-electron chi connectivity index (χ2n) is 5.10. The van der Waals surface area contributed by atoms with Crippen LogP contribution in [0.15, 0.2) is 24.5 Å². The third-order valence-electron chi connectivity index (χ3n) is 3.57. The first-order valence-corrected chi connectivity index (χ1v) is 6.60. The molecule has 2 N–H and O–H groups in total. The third kappa shape index (κ3) is 2.93. The first-order chi connectivity index (χ1) is 9.22. The lowest BCUT2D eigenvalue weighted by Crippen LogP contribution is -2.33. The Labute approximate surface area is 111 Å². The van der Waals surface area contributed by atoms with Crippen LogP contribution in [0, 0.1) is 0 Å². The van der Waals surface area contributed by atoms with E-state index in [9.17, 15) is 4.79 Å². The molecule has 2 aromatic rings. The highest BCUT2D eigenvalue weighted by Crippen LogP contribution is 2.26. The number of rotatable bonds is 6. The van der Waals surface area contributed by atoms with E-state index < -0.39 is 5.97 Å². The Bertz CT molecular complexity index is 589. The number of carboxylic acid groups (broad SMARTS) is 1. The van der Waals surface area contributed by atoms with Gasteiger partial charge in [-0.3, -0.25) is 9.69 Å². The zero-order valence-corrected chi connectivity index (χ0v) is 10.7. The van der Waals surface area contributed by atoms with Crippen molar-refractivity contribution in [3.05, 3.63) is 30.1 Å². The summed E-state index contributed by atoms with van der Waals surface area (Å²) in [6.45, 7) is 0.952. The number of hydrogen-bond acceptors (Lipinski definition) is 3. The highest BCUT2D eigenvalue weighted by atomic mass is 16.4. The predicted octanol–water partition coefficient (Wildman–Crippen LogP) is 1.65. The molecule has 1 aliphatic carbocycles. The number of nitrogens with zero attached hydrogens (tertiary/aromatic N) is 2. The lowest BCUT2D eigenvalue weighted by molar-refractivity contribution is -0.138. The van der Waals surface area contributed by atoms with Gasteiger partial charge in [0.1, 0.15) is 0 Å². The van der Waals surface area contributed by atoms with Crippen molar-refractivity contribution in [3.8, 4) is 0 Å². The smallest absolute Gasteiger partial charge is 0.317 e. The average molecular weight is 259 g/mol. The number of H-pyrrole nitrogens is 1. The van der Waals surface area contributed by atoms with Gasteiger partial charge in [-0.15, -0.1) is 0 Å². The van der Waals surface area contributed by atoms with Crippen molar-refractivity contribution in [2.75, 3.05) is 13.1 Å². The molecule has 1 saturated carbocycles. The molecule has 5 heteroatoms. The number of carboxylic acids is 1. The van der Waals surface area contributed by atoms with E-state index in [0.717, 1.165) is 36.8 Å². The number of hydrogen-bond donors (Lipinski definition) is 2. The Balaban J connectivity index is 1.64. The zero-order valence-electron chi connectivity index (χ0n) is 10.7. The van der Waals surface area contributed by atoms with Crippen molar-refractivity contribution in [2.45, 2.75) is 25.3 Å². The quantitative estimate of drug-likeness (QED) is 0.827. The number of fused-ring (bicyclic) bond motifs is 1. The van der Waals surface area contributed by atoms with Gasteiger partial charge in [-0.1, -0.05) is 6.07 Å². The molecule has 1 fully saturated rings. The van der Waals surface area contributed by atoms with E-state index in [2.05, 4.69) is 27.0 Å². The van der Waals surface area contributed by atoms with Crippen LogP contribution in [0.3, 0.4) is 0 Å². The zero-order chi connectivity index (χ0) is 13.2. The van der Waals surface area contributed by atoms with E-state index in [1.165, 1.54) is 5.56 Å². The van der Waals surface area contributed by atoms with Crippen molar-refractivity contribution in [2.24, 2.45) is 0 Å². The first kappa shape index (κ1) is 12.2. The second kappa shape index (κ2) is 5.01. The Morgan fingerprint density at radius 3 is 3.05 bits per heavy atom. The summed E-state index contributed by atoms with van der Waals surface area (Å²) in [7, 11) is 0. The lowest BCUT2D eigenvalue weighted by Gasteiger charge is -2.19. The molecule has 0 bridgehead atoms. The second-order valence-corrected chi connectivity index (χ2v) is 5.10. The van der Waals surface area contributed by atoms with E-state index in [0.29, 0.717) is 6.04 Å².